The number of esters is 1. The quantitative estimate of drug-likeness (QED) is 0.488. The van der Waals surface area contributed by atoms with Crippen molar-refractivity contribution in [1.29, 1.82) is 0 Å². The fraction of sp³-hybridized carbons (Fsp3) is 0.333. The Labute approximate surface area is 128 Å². The summed E-state index contributed by atoms with van der Waals surface area (Å²) in [5, 5.41) is 10.6. The SMILES string of the molecule is CCOC(=O)CCC(=O)c1cc2cc(O)c(OC)cc2[se]1. The number of benzene rings is 1. The van der Waals surface area contributed by atoms with Crippen molar-refractivity contribution >= 4 is 35.9 Å². The Hall–Kier alpha value is -1.78. The monoisotopic (exact) mass is 356 g/mol. The van der Waals surface area contributed by atoms with Gasteiger partial charge in [-0.3, -0.25) is 0 Å². The zero-order valence-corrected chi connectivity index (χ0v) is 13.6. The zero-order valence-electron chi connectivity index (χ0n) is 11.8. The Kier molecular flexibility index (Phi) is 5.04. The third-order valence-electron chi connectivity index (χ3n) is 2.95. The number of carbonyl (C=O) groups is 2. The molecule has 0 amide bonds. The molecule has 0 atom stereocenters. The van der Waals surface area contributed by atoms with E-state index in [1.807, 2.05) is 0 Å². The average Bonchev–Trinajstić information content (AvgIpc) is 2.86. The molecule has 112 valence electrons. The molecule has 1 aromatic heterocycles. The van der Waals surface area contributed by atoms with Gasteiger partial charge < -0.3 is 0 Å². The number of ketones is 1. The Bertz CT molecular complexity index is 674. The third kappa shape index (κ3) is 3.65. The first kappa shape index (κ1) is 15.6. The van der Waals surface area contributed by atoms with E-state index < -0.39 is 0 Å². The zero-order chi connectivity index (χ0) is 15.4. The fourth-order valence-electron chi connectivity index (χ4n) is 1.93. The topological polar surface area (TPSA) is 72.8 Å². The first-order valence-electron chi connectivity index (χ1n) is 6.54. The molecule has 0 bridgehead atoms. The first-order valence-corrected chi connectivity index (χ1v) is 8.25. The van der Waals surface area contributed by atoms with Crippen LogP contribution in [-0.4, -0.2) is 45.1 Å². The molecule has 0 fully saturated rings. The number of phenolic OH excluding ortho intramolecular Hbond substituents is 1. The van der Waals surface area contributed by atoms with Crippen molar-refractivity contribution in [3.05, 3.63) is 22.6 Å². The van der Waals surface area contributed by atoms with E-state index in [0.29, 0.717) is 16.8 Å². The number of Topliss-reactive ketones (excluding diaryl/α,β-unsaturated/α-hetero) is 1. The number of rotatable bonds is 6. The summed E-state index contributed by atoms with van der Waals surface area (Å²) in [7, 11) is 1.49. The molecule has 1 N–H and O–H groups in total. The van der Waals surface area contributed by atoms with Crippen molar-refractivity contribution in [1.82, 2.24) is 0 Å². The van der Waals surface area contributed by atoms with Crippen LogP contribution in [0.1, 0.15) is 29.0 Å². The molecular formula is C15H16O5Se. The van der Waals surface area contributed by atoms with Gasteiger partial charge >= 0.3 is 128 Å². The van der Waals surface area contributed by atoms with Gasteiger partial charge in [-0.25, -0.2) is 0 Å². The number of hydrogen-bond acceptors (Lipinski definition) is 5. The molecule has 5 nitrogen and oxygen atoms in total. The van der Waals surface area contributed by atoms with Crippen LogP contribution in [0.5, 0.6) is 11.5 Å². The van der Waals surface area contributed by atoms with Crippen LogP contribution < -0.4 is 4.74 Å². The normalized spacial score (nSPS) is 10.6. The van der Waals surface area contributed by atoms with Crippen LogP contribution >= 0.6 is 0 Å². The molecule has 1 aromatic carbocycles. The van der Waals surface area contributed by atoms with Crippen LogP contribution in [0.3, 0.4) is 0 Å². The molecule has 0 saturated carbocycles. The second-order valence-electron chi connectivity index (χ2n) is 4.40. The maximum absolute atomic E-state index is 12.1. The molecule has 0 aliphatic rings. The summed E-state index contributed by atoms with van der Waals surface area (Å²) in [5.41, 5.74) is 0. The van der Waals surface area contributed by atoms with Gasteiger partial charge in [-0.1, -0.05) is 0 Å². The molecule has 0 unspecified atom stereocenters. The molecule has 21 heavy (non-hydrogen) atoms. The van der Waals surface area contributed by atoms with E-state index in [1.54, 1.807) is 25.1 Å². The number of aromatic hydroxyl groups is 1. The van der Waals surface area contributed by atoms with Gasteiger partial charge in [0.25, 0.3) is 0 Å². The molecule has 0 spiro atoms. The predicted octanol–water partition coefficient (Wildman–Crippen LogP) is 2.14. The summed E-state index contributed by atoms with van der Waals surface area (Å²) in [6.45, 7) is 2.06. The van der Waals surface area contributed by atoms with Crippen molar-refractivity contribution in [2.24, 2.45) is 0 Å². The Morgan fingerprint density at radius 3 is 2.67 bits per heavy atom. The molecule has 2 aromatic rings. The van der Waals surface area contributed by atoms with E-state index >= 15 is 0 Å². The van der Waals surface area contributed by atoms with Gasteiger partial charge in [0.2, 0.25) is 0 Å². The van der Waals surface area contributed by atoms with E-state index in [4.69, 9.17) is 9.47 Å². The minimum atomic E-state index is -0.353. The number of fused-ring (bicyclic) bond motifs is 1. The van der Waals surface area contributed by atoms with Crippen molar-refractivity contribution in [2.45, 2.75) is 19.8 Å². The van der Waals surface area contributed by atoms with Gasteiger partial charge in [-0.15, -0.1) is 0 Å². The Morgan fingerprint density at radius 2 is 2.00 bits per heavy atom. The second kappa shape index (κ2) is 6.78. The summed E-state index contributed by atoms with van der Waals surface area (Å²) >= 11 is -0.123. The molecule has 6 heteroatoms. The second-order valence-corrected chi connectivity index (χ2v) is 6.67. The number of phenols is 1. The van der Waals surface area contributed by atoms with Gasteiger partial charge in [-0.2, -0.15) is 0 Å². The maximum atomic E-state index is 12.1. The summed E-state index contributed by atoms with van der Waals surface area (Å²) in [6.07, 6.45) is 0.258. The molecule has 0 radical (unpaired) electrons. The molecular weight excluding hydrogens is 339 g/mol. The Morgan fingerprint density at radius 1 is 1.24 bits per heavy atom. The van der Waals surface area contributed by atoms with Gasteiger partial charge in [0.15, 0.2) is 0 Å². The summed E-state index contributed by atoms with van der Waals surface area (Å²) in [6, 6.07) is 5.14. The molecule has 1 heterocycles. The van der Waals surface area contributed by atoms with Crippen LogP contribution in [0.25, 0.3) is 9.65 Å². The van der Waals surface area contributed by atoms with E-state index in [1.165, 1.54) is 7.11 Å². The van der Waals surface area contributed by atoms with Crippen LogP contribution in [0, 0.1) is 0 Å². The molecule has 0 saturated heterocycles. The van der Waals surface area contributed by atoms with E-state index in [9.17, 15) is 14.7 Å². The number of carbonyl (C=O) groups excluding carboxylic acids is 2. The van der Waals surface area contributed by atoms with E-state index in [-0.39, 0.29) is 44.8 Å². The van der Waals surface area contributed by atoms with Crippen molar-refractivity contribution < 1.29 is 24.2 Å². The van der Waals surface area contributed by atoms with Crippen LogP contribution in [0.15, 0.2) is 18.2 Å². The first-order chi connectivity index (χ1) is 10.0. The Balaban J connectivity index is 2.15. The van der Waals surface area contributed by atoms with E-state index in [2.05, 4.69) is 0 Å². The average molecular weight is 355 g/mol. The standard InChI is InChI=1S/C15H16O5Se/c1-3-20-15(18)5-4-10(16)14-7-9-6-11(17)12(19-2)8-13(9)21-14/h6-8,17H,3-5H2,1-2H3. The van der Waals surface area contributed by atoms with Gasteiger partial charge in [0, 0.05) is 0 Å². The third-order valence-corrected chi connectivity index (χ3v) is 5.34. The number of ether oxygens (including phenoxy) is 2. The minimum absolute atomic E-state index is 0.0438. The predicted molar refractivity (Wildman–Crippen MR) is 79.3 cm³/mol. The summed E-state index contributed by atoms with van der Waals surface area (Å²) in [4.78, 5) is 23.4. The van der Waals surface area contributed by atoms with Crippen LogP contribution in [0.2, 0.25) is 0 Å². The molecule has 0 aliphatic heterocycles. The fourth-order valence-corrected chi connectivity index (χ4v) is 4.11. The van der Waals surface area contributed by atoms with Crippen molar-refractivity contribution in [2.75, 3.05) is 13.7 Å². The van der Waals surface area contributed by atoms with Gasteiger partial charge in [-0.05, 0) is 0 Å². The van der Waals surface area contributed by atoms with Gasteiger partial charge in [0.1, 0.15) is 0 Å². The number of methoxy groups -OCH3 is 1. The van der Waals surface area contributed by atoms with Crippen molar-refractivity contribution in [3.63, 3.8) is 0 Å². The summed E-state index contributed by atoms with van der Waals surface area (Å²) in [5.74, 6) is 0.0688. The molecule has 2 rings (SSSR count). The summed E-state index contributed by atoms with van der Waals surface area (Å²) < 4.78 is 11.6. The van der Waals surface area contributed by atoms with Crippen molar-refractivity contribution in [3.8, 4) is 11.5 Å². The number of hydrogen-bond donors (Lipinski definition) is 1. The van der Waals surface area contributed by atoms with E-state index in [0.717, 1.165) is 9.65 Å². The van der Waals surface area contributed by atoms with Crippen LogP contribution in [-0.2, 0) is 9.53 Å². The van der Waals surface area contributed by atoms with Gasteiger partial charge in [0.05, 0.1) is 0 Å². The van der Waals surface area contributed by atoms with Crippen LogP contribution in [0.4, 0.5) is 0 Å². The molecule has 0 aliphatic carbocycles.